The predicted octanol–water partition coefficient (Wildman–Crippen LogP) is -2.90. The number of nitrogens with zero attached hydrogens (tertiary/aromatic N) is 6. The number of benzene rings is 3. The predicted molar refractivity (Wildman–Crippen MR) is 479 cm³/mol. The fourth-order valence-electron chi connectivity index (χ4n) is 16.3. The minimum atomic E-state index is -1.80. The van der Waals surface area contributed by atoms with E-state index in [1.807, 2.05) is 25.1 Å². The Labute approximate surface area is 751 Å². The van der Waals surface area contributed by atoms with Crippen molar-refractivity contribution in [2.45, 2.75) is 209 Å². The fraction of sp³-hybridized carbons (Fsp3) is 0.529. The van der Waals surface area contributed by atoms with Crippen LogP contribution in [0.15, 0.2) is 104 Å². The number of imidazole rings is 1. The van der Waals surface area contributed by atoms with Crippen LogP contribution in [0.1, 0.15) is 121 Å². The molecule has 3 aromatic carbocycles. The highest BCUT2D eigenvalue weighted by Crippen LogP contribution is 2.29. The summed E-state index contributed by atoms with van der Waals surface area (Å²) in [6.45, 7) is 4.66. The second-order valence-corrected chi connectivity index (χ2v) is 34.5. The smallest absolute Gasteiger partial charge is 0.246 e. The summed E-state index contributed by atoms with van der Waals surface area (Å²) in [5.74, 6) is -13.7. The Morgan fingerprint density at radius 3 is 1.80 bits per heavy atom. The molecule has 129 heavy (non-hydrogen) atoms. The van der Waals surface area contributed by atoms with Crippen molar-refractivity contribution in [3.05, 3.63) is 126 Å². The SMILES string of the molecule is CCCCC1C(O)N2CCCC2C(=O)NC(CCCNC(=N)N)CNC(C(=O)NCC(N)=O)CSCC(=O)NC(Cc2ccccc2)C(=O)N(C)C(C)C(=O)NC(CC(N)=O)C(=O)N2CCCC2C(=O)NC(Cc2cnc[nH]2)C(=O)NC(CC(C)C)C(=O)N(C)CC(=O)NC(Cc2c[nH]c3ccccc23)C(=O)NC(CO)C(=O)NC(Cc2c[nH]c3ccccc23)C(=O)N1C. The van der Waals surface area contributed by atoms with E-state index in [1.165, 1.54) is 45.5 Å². The van der Waals surface area contributed by atoms with E-state index in [1.54, 1.807) is 91.8 Å². The number of aromatic nitrogens is 4. The van der Waals surface area contributed by atoms with Crippen LogP contribution in [0.25, 0.3) is 21.8 Å². The summed E-state index contributed by atoms with van der Waals surface area (Å²) in [5, 5.41) is 63.6. The molecule has 0 radical (unpaired) electrons. The lowest BCUT2D eigenvalue weighted by atomic mass is 10.00. The molecule has 14 unspecified atom stereocenters. The zero-order chi connectivity index (χ0) is 93.7. The number of unbranched alkanes of at least 4 members (excludes halogenated alkanes) is 1. The molecule has 700 valence electrons. The number of hydrogen-bond acceptors (Lipinski definition) is 22. The highest BCUT2D eigenvalue weighted by atomic mass is 32.2. The van der Waals surface area contributed by atoms with E-state index < -0.39 is 199 Å². The number of hydrogen-bond donors (Lipinski definition) is 20. The lowest BCUT2D eigenvalue weighted by Crippen LogP contribution is -2.61. The van der Waals surface area contributed by atoms with Crippen LogP contribution in [0.4, 0.5) is 0 Å². The number of aliphatic hydroxyl groups excluding tert-OH is 2. The number of aromatic amines is 3. The lowest BCUT2D eigenvalue weighted by Gasteiger charge is -2.40. The standard InChI is InChI=1S/C87H124N24O17S/c1-8-9-27-70-86(128)111-32-19-28-68(111)80(122)99-54(22-17-30-93-87(90)91)42-96-67(76(118)97-43-72(89)114)46-129-47-74(116)101-63(34-51-20-11-10-12-21-51)83(125)108(6)50(4)75(117)103-65(38-71(88)113)85(127)110-31-18-29-69(110)81(123)102-61(37-55-41-92-48-98-55)78(120)104-62(33-49(2)3)82(124)107(5)44-73(115)100-60(35-52-39-94-58-25-15-13-23-56(52)58)77(119)106-66(45-112)79(121)105-64(84(126)109(70)7)36-53-40-95-59-26-16-14-24-57(53)59/h10-16,20-21,23-26,39-41,48-50,54,60-70,86,94-96,112,128H,8-9,17-19,22,27-38,42-47H2,1-7H3,(H2,88,113)(H2,89,114)(H,92,98)(H,97,118)(H,99,122)(H,100,115)(H,101,116)(H,102,123)(H,103,117)(H,104,120)(H,105,121)(H,106,119)(H4,90,91,93). The summed E-state index contributed by atoms with van der Waals surface area (Å²) < 4.78 is 0. The molecule has 3 fully saturated rings. The van der Waals surface area contributed by atoms with Gasteiger partial charge in [0.05, 0.1) is 56.3 Å². The summed E-state index contributed by atoms with van der Waals surface area (Å²) in [4.78, 5) is 237. The summed E-state index contributed by atoms with van der Waals surface area (Å²) in [5.41, 5.74) is 20.3. The van der Waals surface area contributed by atoms with Gasteiger partial charge in [-0.15, -0.1) is 11.8 Å². The first kappa shape index (κ1) is 100. The molecule has 3 aliphatic heterocycles. The Morgan fingerprint density at radius 2 is 1.17 bits per heavy atom. The van der Waals surface area contributed by atoms with Gasteiger partial charge in [0, 0.05) is 131 Å². The van der Waals surface area contributed by atoms with Crippen molar-refractivity contribution in [2.24, 2.45) is 23.1 Å². The van der Waals surface area contributed by atoms with Crippen LogP contribution in [-0.2, 0) is 97.6 Å². The summed E-state index contributed by atoms with van der Waals surface area (Å²) in [7, 11) is 4.06. The molecule has 42 heteroatoms. The molecule has 15 amide bonds. The minimum Gasteiger partial charge on any atom is -0.394 e. The van der Waals surface area contributed by atoms with Crippen LogP contribution in [-0.4, -0.2) is 313 Å². The first-order chi connectivity index (χ1) is 61.6. The Hall–Kier alpha value is -12.5. The van der Waals surface area contributed by atoms with E-state index in [9.17, 15) is 63.0 Å². The molecule has 3 aliphatic rings. The van der Waals surface area contributed by atoms with Gasteiger partial charge < -0.3 is 120 Å². The Morgan fingerprint density at radius 1 is 0.597 bits per heavy atom. The van der Waals surface area contributed by atoms with E-state index in [4.69, 9.17) is 22.6 Å². The molecule has 3 saturated heterocycles. The number of carbonyl (C=O) groups is 15. The number of nitrogens with one attached hydrogen (secondary N) is 15. The van der Waals surface area contributed by atoms with Crippen LogP contribution >= 0.6 is 11.8 Å². The van der Waals surface area contributed by atoms with Crippen LogP contribution < -0.4 is 75.7 Å². The van der Waals surface area contributed by atoms with Crippen molar-refractivity contribution in [3.8, 4) is 0 Å². The van der Waals surface area contributed by atoms with Crippen LogP contribution in [0.3, 0.4) is 0 Å². The molecule has 0 aliphatic carbocycles. The third-order valence-corrected chi connectivity index (χ3v) is 24.3. The van der Waals surface area contributed by atoms with Gasteiger partial charge in [-0.3, -0.25) is 82.2 Å². The third-order valence-electron chi connectivity index (χ3n) is 23.3. The van der Waals surface area contributed by atoms with E-state index >= 15 is 19.2 Å². The molecule has 3 aromatic heterocycles. The molecule has 0 bridgehead atoms. The van der Waals surface area contributed by atoms with E-state index in [-0.39, 0.29) is 114 Å². The van der Waals surface area contributed by atoms with Crippen LogP contribution in [0.5, 0.6) is 0 Å². The number of aliphatic hydroxyl groups is 2. The van der Waals surface area contributed by atoms with Gasteiger partial charge in [-0.05, 0) is 93.0 Å². The molecule has 6 aromatic rings. The number of fused-ring (bicyclic) bond motifs is 4. The molecule has 23 N–H and O–H groups in total. The molecule has 9 rings (SSSR count). The second-order valence-electron chi connectivity index (χ2n) is 33.5. The first-order valence-electron chi connectivity index (χ1n) is 43.5. The normalized spacial score (nSPS) is 24.9. The minimum absolute atomic E-state index is 0.0101. The van der Waals surface area contributed by atoms with Crippen molar-refractivity contribution in [1.82, 2.24) is 103 Å². The van der Waals surface area contributed by atoms with E-state index in [0.29, 0.717) is 69.9 Å². The zero-order valence-corrected chi connectivity index (χ0v) is 74.6. The molecular formula is C87H124N24O17S. The van der Waals surface area contributed by atoms with Crippen molar-refractivity contribution >= 4 is 128 Å². The summed E-state index contributed by atoms with van der Waals surface area (Å²) in [6, 6.07) is 5.42. The fourth-order valence-corrected chi connectivity index (χ4v) is 17.2. The Balaban J connectivity index is 1.06. The van der Waals surface area contributed by atoms with Gasteiger partial charge in [-0.25, -0.2) is 4.98 Å². The molecule has 0 saturated carbocycles. The Bertz CT molecular complexity index is 4900. The highest BCUT2D eigenvalue weighted by molar-refractivity contribution is 8.00. The van der Waals surface area contributed by atoms with Gasteiger partial charge in [0.25, 0.3) is 0 Å². The molecule has 41 nitrogen and oxygen atoms in total. The van der Waals surface area contributed by atoms with Crippen molar-refractivity contribution < 1.29 is 82.1 Å². The summed E-state index contributed by atoms with van der Waals surface area (Å²) >= 11 is 0.958. The maximum Gasteiger partial charge on any atom is 0.246 e. The number of guanidine groups is 1. The second kappa shape index (κ2) is 48.6. The third kappa shape index (κ3) is 28.7. The summed E-state index contributed by atoms with van der Waals surface area (Å²) in [6.07, 6.45) is 5.70. The average Bonchev–Trinajstić information content (AvgIpc) is 1.73. The van der Waals surface area contributed by atoms with Gasteiger partial charge in [0.1, 0.15) is 60.6 Å². The highest BCUT2D eigenvalue weighted by Gasteiger charge is 2.45. The number of thioether (sulfide) groups is 1. The number of nitrogens with two attached hydrogens (primary N) is 3. The largest absolute Gasteiger partial charge is 0.394 e. The van der Waals surface area contributed by atoms with Gasteiger partial charge in [-0.2, -0.15) is 0 Å². The average molecular weight is 1810 g/mol. The van der Waals surface area contributed by atoms with Gasteiger partial charge in [-0.1, -0.05) is 100 Å². The number of carbonyl (C=O) groups excluding carboxylic acids is 15. The monoisotopic (exact) mass is 1810 g/mol. The molecular weight excluding hydrogens is 1690 g/mol. The van der Waals surface area contributed by atoms with Gasteiger partial charge >= 0.3 is 0 Å². The number of para-hydroxylation sites is 2. The number of H-pyrrole nitrogens is 3. The van der Waals surface area contributed by atoms with Crippen LogP contribution in [0, 0.1) is 11.3 Å². The lowest BCUT2D eigenvalue weighted by molar-refractivity contribution is -0.146. The van der Waals surface area contributed by atoms with E-state index in [2.05, 4.69) is 78.4 Å². The molecule has 14 atom stereocenters. The number of likely N-dealkylation sites (N-methyl/N-ethyl adjacent to an activating group) is 3. The molecule has 0 spiro atoms. The van der Waals surface area contributed by atoms with Crippen molar-refractivity contribution in [2.75, 3.05) is 78.5 Å². The van der Waals surface area contributed by atoms with Gasteiger partial charge in [0.2, 0.25) is 88.6 Å². The zero-order valence-electron chi connectivity index (χ0n) is 73.8. The molecule has 6 heterocycles. The van der Waals surface area contributed by atoms with Crippen molar-refractivity contribution in [1.29, 1.82) is 5.41 Å². The number of rotatable bonds is 23. The quantitative estimate of drug-likeness (QED) is 0.0174. The van der Waals surface area contributed by atoms with Crippen molar-refractivity contribution in [3.63, 3.8) is 0 Å². The number of amides is 15. The number of primary amides is 2. The van der Waals surface area contributed by atoms with Crippen LogP contribution in [0.2, 0.25) is 0 Å². The first-order valence-corrected chi connectivity index (χ1v) is 44.7. The Kier molecular flexibility index (Phi) is 37.7. The maximum atomic E-state index is 15.7. The maximum absolute atomic E-state index is 15.7. The topological polar surface area (TPSA) is 607 Å². The van der Waals surface area contributed by atoms with E-state index in [0.717, 1.165) is 26.5 Å². The van der Waals surface area contributed by atoms with Gasteiger partial charge in [0.15, 0.2) is 5.96 Å².